The Morgan fingerprint density at radius 2 is 2.23 bits per heavy atom. The highest BCUT2D eigenvalue weighted by molar-refractivity contribution is 7.89. The minimum absolute atomic E-state index is 0.103. The van der Waals surface area contributed by atoms with Crippen molar-refractivity contribution in [2.45, 2.75) is 24.7 Å². The summed E-state index contributed by atoms with van der Waals surface area (Å²) in [6.07, 6.45) is -0.191. The number of sulfonamides is 1. The van der Waals surface area contributed by atoms with Crippen LogP contribution in [0.1, 0.15) is 13.3 Å². The van der Waals surface area contributed by atoms with Crippen molar-refractivity contribution in [1.82, 2.24) is 0 Å². The zero-order chi connectivity index (χ0) is 10.1. The highest BCUT2D eigenvalue weighted by Crippen LogP contribution is 2.20. The monoisotopic (exact) mass is 209 g/mol. The minimum Gasteiger partial charge on any atom is -0.390 e. The number of ether oxygens (including phenoxy) is 1. The van der Waals surface area contributed by atoms with E-state index >= 15 is 0 Å². The number of hydrogen-bond donors (Lipinski definition) is 2. The van der Waals surface area contributed by atoms with Gasteiger partial charge in [0, 0.05) is 5.92 Å². The summed E-state index contributed by atoms with van der Waals surface area (Å²) in [6, 6.07) is 0. The molecule has 3 atom stereocenters. The molecule has 1 rings (SSSR count). The SMILES string of the molecule is CC(CC1COCC1O)S(N)(=O)=O. The molecule has 1 aliphatic heterocycles. The molecule has 3 unspecified atom stereocenters. The van der Waals surface area contributed by atoms with Crippen LogP contribution in [0.25, 0.3) is 0 Å². The van der Waals surface area contributed by atoms with E-state index in [9.17, 15) is 13.5 Å². The average Bonchev–Trinajstić information content (AvgIpc) is 2.34. The molecule has 0 bridgehead atoms. The highest BCUT2D eigenvalue weighted by Gasteiger charge is 2.30. The number of rotatable bonds is 3. The molecule has 0 saturated carbocycles. The van der Waals surface area contributed by atoms with E-state index in [1.807, 2.05) is 0 Å². The maximum absolute atomic E-state index is 10.9. The van der Waals surface area contributed by atoms with Gasteiger partial charge in [0.2, 0.25) is 10.0 Å². The predicted octanol–water partition coefficient (Wildman–Crippen LogP) is -0.939. The van der Waals surface area contributed by atoms with Gasteiger partial charge in [-0.1, -0.05) is 0 Å². The summed E-state index contributed by atoms with van der Waals surface area (Å²) in [5.74, 6) is -0.103. The summed E-state index contributed by atoms with van der Waals surface area (Å²) in [5.41, 5.74) is 0. The molecule has 0 aromatic heterocycles. The van der Waals surface area contributed by atoms with Crippen LogP contribution >= 0.6 is 0 Å². The summed E-state index contributed by atoms with van der Waals surface area (Å²) in [7, 11) is -3.48. The minimum atomic E-state index is -3.48. The van der Waals surface area contributed by atoms with Crippen molar-refractivity contribution in [1.29, 1.82) is 0 Å². The van der Waals surface area contributed by atoms with Crippen LogP contribution < -0.4 is 5.14 Å². The molecule has 1 saturated heterocycles. The van der Waals surface area contributed by atoms with Crippen molar-refractivity contribution >= 4 is 10.0 Å². The quantitative estimate of drug-likeness (QED) is 0.628. The predicted molar refractivity (Wildman–Crippen MR) is 47.5 cm³/mol. The largest absolute Gasteiger partial charge is 0.390 e. The van der Waals surface area contributed by atoms with Crippen molar-refractivity contribution in [3.8, 4) is 0 Å². The Hall–Kier alpha value is -0.170. The Morgan fingerprint density at radius 1 is 1.62 bits per heavy atom. The first-order valence-electron chi connectivity index (χ1n) is 4.18. The van der Waals surface area contributed by atoms with E-state index in [-0.39, 0.29) is 5.92 Å². The van der Waals surface area contributed by atoms with E-state index in [0.717, 1.165) is 0 Å². The third kappa shape index (κ3) is 2.91. The highest BCUT2D eigenvalue weighted by atomic mass is 32.2. The van der Waals surface area contributed by atoms with Gasteiger partial charge in [-0.15, -0.1) is 0 Å². The summed E-state index contributed by atoms with van der Waals surface area (Å²) >= 11 is 0. The third-order valence-electron chi connectivity index (χ3n) is 2.36. The number of nitrogens with two attached hydrogens (primary N) is 1. The van der Waals surface area contributed by atoms with E-state index < -0.39 is 21.4 Å². The van der Waals surface area contributed by atoms with Crippen LogP contribution in [0.15, 0.2) is 0 Å². The fourth-order valence-electron chi connectivity index (χ4n) is 1.37. The zero-order valence-electron chi connectivity index (χ0n) is 7.51. The average molecular weight is 209 g/mol. The molecule has 5 nitrogen and oxygen atoms in total. The molecular weight excluding hydrogens is 194 g/mol. The number of aliphatic hydroxyl groups excluding tert-OH is 1. The molecule has 0 aliphatic carbocycles. The lowest BCUT2D eigenvalue weighted by Crippen LogP contribution is -2.31. The molecule has 3 N–H and O–H groups in total. The van der Waals surface area contributed by atoms with Gasteiger partial charge in [-0.2, -0.15) is 0 Å². The van der Waals surface area contributed by atoms with Crippen molar-refractivity contribution < 1.29 is 18.3 Å². The van der Waals surface area contributed by atoms with Crippen LogP contribution in [0.4, 0.5) is 0 Å². The lowest BCUT2D eigenvalue weighted by atomic mass is 10.0. The second-order valence-electron chi connectivity index (χ2n) is 3.50. The van der Waals surface area contributed by atoms with Gasteiger partial charge in [-0.25, -0.2) is 13.6 Å². The maximum Gasteiger partial charge on any atom is 0.211 e. The van der Waals surface area contributed by atoms with Crippen molar-refractivity contribution in [3.63, 3.8) is 0 Å². The number of primary sulfonamides is 1. The molecule has 78 valence electrons. The van der Waals surface area contributed by atoms with Crippen molar-refractivity contribution in [2.24, 2.45) is 11.1 Å². The molecule has 0 radical (unpaired) electrons. The molecule has 1 aliphatic rings. The lowest BCUT2D eigenvalue weighted by molar-refractivity contribution is 0.117. The number of aliphatic hydroxyl groups is 1. The second-order valence-corrected chi connectivity index (χ2v) is 5.48. The van der Waals surface area contributed by atoms with Crippen LogP contribution in [0.2, 0.25) is 0 Å². The smallest absolute Gasteiger partial charge is 0.211 e. The van der Waals surface area contributed by atoms with E-state index in [2.05, 4.69) is 0 Å². The first-order valence-corrected chi connectivity index (χ1v) is 5.79. The molecule has 0 aromatic rings. The number of hydrogen-bond acceptors (Lipinski definition) is 4. The van der Waals surface area contributed by atoms with Gasteiger partial charge < -0.3 is 9.84 Å². The molecular formula is C7H15NO4S. The molecule has 13 heavy (non-hydrogen) atoms. The van der Waals surface area contributed by atoms with Gasteiger partial charge in [0.05, 0.1) is 24.6 Å². The van der Waals surface area contributed by atoms with Crippen LogP contribution in [0.5, 0.6) is 0 Å². The Balaban J connectivity index is 2.49. The molecule has 0 spiro atoms. The van der Waals surface area contributed by atoms with E-state index in [0.29, 0.717) is 19.6 Å². The Labute approximate surface area is 77.9 Å². The summed E-state index contributed by atoms with van der Waals surface area (Å²) in [6.45, 7) is 2.25. The summed E-state index contributed by atoms with van der Waals surface area (Å²) in [4.78, 5) is 0. The topological polar surface area (TPSA) is 89.6 Å². The first kappa shape index (κ1) is 10.9. The van der Waals surface area contributed by atoms with Gasteiger partial charge in [-0.3, -0.25) is 0 Å². The summed E-state index contributed by atoms with van der Waals surface area (Å²) < 4.78 is 26.8. The first-order chi connectivity index (χ1) is 5.91. The van der Waals surface area contributed by atoms with Crippen LogP contribution in [0, 0.1) is 5.92 Å². The third-order valence-corrected chi connectivity index (χ3v) is 3.67. The van der Waals surface area contributed by atoms with Crippen molar-refractivity contribution in [2.75, 3.05) is 13.2 Å². The standard InChI is InChI=1S/C7H15NO4S/c1-5(13(8,10)11)2-6-3-12-4-7(6)9/h5-7,9H,2-4H2,1H3,(H2,8,10,11). The molecule has 0 aromatic carbocycles. The fraction of sp³-hybridized carbons (Fsp3) is 1.00. The Bertz CT molecular complexity index is 264. The van der Waals surface area contributed by atoms with E-state index in [4.69, 9.17) is 9.88 Å². The lowest BCUT2D eigenvalue weighted by Gasteiger charge is -2.15. The molecule has 0 amide bonds. The summed E-state index contributed by atoms with van der Waals surface area (Å²) in [5, 5.41) is 13.7. The van der Waals surface area contributed by atoms with Gasteiger partial charge >= 0.3 is 0 Å². The van der Waals surface area contributed by atoms with Crippen LogP contribution in [-0.4, -0.2) is 38.1 Å². The zero-order valence-corrected chi connectivity index (χ0v) is 8.33. The van der Waals surface area contributed by atoms with Crippen LogP contribution in [-0.2, 0) is 14.8 Å². The van der Waals surface area contributed by atoms with Gasteiger partial charge in [-0.05, 0) is 13.3 Å². The normalized spacial score (nSPS) is 31.9. The van der Waals surface area contributed by atoms with E-state index in [1.54, 1.807) is 6.92 Å². The van der Waals surface area contributed by atoms with Gasteiger partial charge in [0.25, 0.3) is 0 Å². The molecule has 1 heterocycles. The van der Waals surface area contributed by atoms with Gasteiger partial charge in [0.1, 0.15) is 0 Å². The molecule has 6 heteroatoms. The Kier molecular flexibility index (Phi) is 3.28. The molecule has 1 fully saturated rings. The maximum atomic E-state index is 10.9. The van der Waals surface area contributed by atoms with E-state index in [1.165, 1.54) is 0 Å². The van der Waals surface area contributed by atoms with Crippen LogP contribution in [0.3, 0.4) is 0 Å². The fourth-order valence-corrected chi connectivity index (χ4v) is 1.89. The second kappa shape index (κ2) is 3.91. The van der Waals surface area contributed by atoms with Crippen molar-refractivity contribution in [3.05, 3.63) is 0 Å². The Morgan fingerprint density at radius 3 is 2.62 bits per heavy atom. The van der Waals surface area contributed by atoms with Gasteiger partial charge in [0.15, 0.2) is 0 Å².